The van der Waals surface area contributed by atoms with Gasteiger partial charge >= 0.3 is 23.9 Å². The standard InChI is InChI=1S/C26H44N2O8/c1-22(2)10-14(11-23(3,4)27-22)26(21(35)36,15-12-24(5,6)28-25(7,8)13-15)18(20(33)34)16(19(31)32)9-17(29)30/h14-16,18,27-28H,9-13H2,1-8H3,(H,29,30)(H,31,32)(H,33,34)(H,35,36). The topological polar surface area (TPSA) is 173 Å². The third-order valence-electron chi connectivity index (χ3n) is 8.00. The number of aliphatic carboxylic acids is 4. The second-order valence-electron chi connectivity index (χ2n) is 13.6. The molecule has 2 aliphatic rings. The molecule has 2 saturated heterocycles. The van der Waals surface area contributed by atoms with Gasteiger partial charge in [-0.25, -0.2) is 0 Å². The van der Waals surface area contributed by atoms with Crippen LogP contribution in [0.4, 0.5) is 0 Å². The molecule has 2 unspecified atom stereocenters. The molecule has 2 rings (SSSR count). The predicted octanol–water partition coefficient (Wildman–Crippen LogP) is 3.05. The zero-order valence-electron chi connectivity index (χ0n) is 22.8. The molecule has 36 heavy (non-hydrogen) atoms. The largest absolute Gasteiger partial charge is 0.481 e. The Hall–Kier alpha value is -2.20. The van der Waals surface area contributed by atoms with Crippen molar-refractivity contribution in [1.29, 1.82) is 0 Å². The monoisotopic (exact) mass is 512 g/mol. The molecule has 2 fully saturated rings. The van der Waals surface area contributed by atoms with Crippen molar-refractivity contribution in [2.45, 2.75) is 110 Å². The van der Waals surface area contributed by atoms with E-state index in [1.165, 1.54) is 0 Å². The van der Waals surface area contributed by atoms with Crippen LogP contribution in [-0.4, -0.2) is 66.5 Å². The lowest BCUT2D eigenvalue weighted by Crippen LogP contribution is -2.68. The van der Waals surface area contributed by atoms with Crippen molar-refractivity contribution in [3.05, 3.63) is 0 Å². The summed E-state index contributed by atoms with van der Waals surface area (Å²) in [6.45, 7) is 15.4. The van der Waals surface area contributed by atoms with E-state index in [2.05, 4.69) is 10.6 Å². The summed E-state index contributed by atoms with van der Waals surface area (Å²) in [7, 11) is 0. The van der Waals surface area contributed by atoms with Gasteiger partial charge in [0.15, 0.2) is 0 Å². The number of carboxylic acids is 4. The first-order valence-corrected chi connectivity index (χ1v) is 12.5. The molecule has 0 aromatic heterocycles. The number of hydrogen-bond acceptors (Lipinski definition) is 6. The Bertz CT molecular complexity index is 838. The van der Waals surface area contributed by atoms with E-state index in [0.29, 0.717) is 25.7 Å². The Morgan fingerprint density at radius 3 is 1.25 bits per heavy atom. The van der Waals surface area contributed by atoms with Gasteiger partial charge in [-0.2, -0.15) is 0 Å². The smallest absolute Gasteiger partial charge is 0.311 e. The molecule has 206 valence electrons. The van der Waals surface area contributed by atoms with Crippen molar-refractivity contribution in [2.75, 3.05) is 0 Å². The maximum Gasteiger partial charge on any atom is 0.311 e. The molecule has 0 radical (unpaired) electrons. The number of carbonyl (C=O) groups is 4. The van der Waals surface area contributed by atoms with Crippen molar-refractivity contribution in [3.8, 4) is 0 Å². The predicted molar refractivity (Wildman–Crippen MR) is 133 cm³/mol. The molecule has 10 heteroatoms. The lowest BCUT2D eigenvalue weighted by atomic mass is 9.48. The van der Waals surface area contributed by atoms with Crippen LogP contribution in [0.15, 0.2) is 0 Å². The fraction of sp³-hybridized carbons (Fsp3) is 0.846. The van der Waals surface area contributed by atoms with Gasteiger partial charge in [-0.1, -0.05) is 0 Å². The Balaban J connectivity index is 2.94. The van der Waals surface area contributed by atoms with E-state index in [1.54, 1.807) is 0 Å². The summed E-state index contributed by atoms with van der Waals surface area (Å²) in [6, 6.07) is 0. The van der Waals surface area contributed by atoms with Crippen molar-refractivity contribution in [3.63, 3.8) is 0 Å². The molecule has 0 aliphatic carbocycles. The minimum atomic E-state index is -2.02. The zero-order valence-corrected chi connectivity index (χ0v) is 22.8. The molecule has 10 nitrogen and oxygen atoms in total. The molecule has 2 heterocycles. The van der Waals surface area contributed by atoms with Gasteiger partial charge in [0.1, 0.15) is 0 Å². The van der Waals surface area contributed by atoms with E-state index in [0.717, 1.165) is 0 Å². The number of carboxylic acid groups (broad SMARTS) is 4. The fourth-order valence-corrected chi connectivity index (χ4v) is 7.89. The number of piperidine rings is 2. The third kappa shape index (κ3) is 6.19. The fourth-order valence-electron chi connectivity index (χ4n) is 7.89. The Kier molecular flexibility index (Phi) is 8.00. The van der Waals surface area contributed by atoms with E-state index in [1.807, 2.05) is 55.4 Å². The lowest BCUT2D eigenvalue weighted by Gasteiger charge is -2.59. The highest BCUT2D eigenvalue weighted by molar-refractivity contribution is 5.90. The van der Waals surface area contributed by atoms with Gasteiger partial charge < -0.3 is 31.1 Å². The van der Waals surface area contributed by atoms with Crippen LogP contribution in [0, 0.1) is 29.1 Å². The summed E-state index contributed by atoms with van der Waals surface area (Å²) >= 11 is 0. The maximum atomic E-state index is 13.6. The summed E-state index contributed by atoms with van der Waals surface area (Å²) in [6.07, 6.45) is 0.234. The van der Waals surface area contributed by atoms with E-state index in [9.17, 15) is 39.6 Å². The lowest BCUT2D eigenvalue weighted by molar-refractivity contribution is -0.191. The summed E-state index contributed by atoms with van der Waals surface area (Å²) < 4.78 is 0. The maximum absolute atomic E-state index is 13.6. The van der Waals surface area contributed by atoms with E-state index in [4.69, 9.17) is 0 Å². The minimum absolute atomic E-state index is 0.302. The van der Waals surface area contributed by atoms with Gasteiger partial charge in [0.25, 0.3) is 0 Å². The summed E-state index contributed by atoms with van der Waals surface area (Å²) in [5.74, 6) is -11.3. The number of rotatable bonds is 9. The third-order valence-corrected chi connectivity index (χ3v) is 8.00. The van der Waals surface area contributed by atoms with Gasteiger partial charge in [-0.3, -0.25) is 19.2 Å². The second kappa shape index (κ2) is 9.59. The van der Waals surface area contributed by atoms with Gasteiger partial charge in [0.05, 0.1) is 23.7 Å². The molecule has 0 aromatic rings. The van der Waals surface area contributed by atoms with Crippen molar-refractivity contribution < 1.29 is 39.6 Å². The van der Waals surface area contributed by atoms with Crippen molar-refractivity contribution >= 4 is 23.9 Å². The quantitative estimate of drug-likeness (QED) is 0.269. The van der Waals surface area contributed by atoms with Crippen molar-refractivity contribution in [2.24, 2.45) is 29.1 Å². The molecular weight excluding hydrogens is 468 g/mol. The molecule has 0 amide bonds. The summed E-state index contributed by atoms with van der Waals surface area (Å²) in [5, 5.41) is 48.1. The molecule has 0 saturated carbocycles. The van der Waals surface area contributed by atoms with Crippen LogP contribution in [-0.2, 0) is 19.2 Å². The zero-order chi connectivity index (χ0) is 28.1. The van der Waals surface area contributed by atoms with Gasteiger partial charge in [0, 0.05) is 22.2 Å². The van der Waals surface area contributed by atoms with Gasteiger partial charge in [0.2, 0.25) is 0 Å². The van der Waals surface area contributed by atoms with Crippen LogP contribution < -0.4 is 10.6 Å². The SMILES string of the molecule is CC1(C)CC(C(C(=O)O)(C2CC(C)(C)NC(C)(C)C2)C(C(=O)O)C(CC(=O)O)C(=O)O)CC(C)(C)N1. The highest BCUT2D eigenvalue weighted by atomic mass is 16.4. The number of nitrogens with one attached hydrogen (secondary N) is 2. The molecular formula is C26H44N2O8. The van der Waals surface area contributed by atoms with Crippen LogP contribution in [0.3, 0.4) is 0 Å². The summed E-state index contributed by atoms with van der Waals surface area (Å²) in [4.78, 5) is 50.6. The van der Waals surface area contributed by atoms with Crippen LogP contribution in [0.25, 0.3) is 0 Å². The second-order valence-corrected chi connectivity index (χ2v) is 13.6. The van der Waals surface area contributed by atoms with Crippen LogP contribution in [0.2, 0.25) is 0 Å². The van der Waals surface area contributed by atoms with Crippen molar-refractivity contribution in [1.82, 2.24) is 10.6 Å². The van der Waals surface area contributed by atoms with Gasteiger partial charge in [-0.05, 0) is 92.9 Å². The molecule has 2 atom stereocenters. The number of hydrogen-bond donors (Lipinski definition) is 6. The van der Waals surface area contributed by atoms with Crippen LogP contribution >= 0.6 is 0 Å². The Labute approximate surface area is 213 Å². The first-order valence-electron chi connectivity index (χ1n) is 12.5. The highest BCUT2D eigenvalue weighted by Gasteiger charge is 2.66. The minimum Gasteiger partial charge on any atom is -0.481 e. The molecule has 2 aliphatic heterocycles. The average Bonchev–Trinajstić information content (AvgIpc) is 2.57. The average molecular weight is 513 g/mol. The van der Waals surface area contributed by atoms with E-state index >= 15 is 0 Å². The highest BCUT2D eigenvalue weighted by Crippen LogP contribution is 2.58. The Morgan fingerprint density at radius 1 is 0.694 bits per heavy atom. The Morgan fingerprint density at radius 2 is 1.03 bits per heavy atom. The molecule has 6 N–H and O–H groups in total. The molecule has 0 aromatic carbocycles. The first-order chi connectivity index (χ1) is 16.1. The van der Waals surface area contributed by atoms with Crippen LogP contribution in [0.1, 0.15) is 87.5 Å². The molecule has 0 bridgehead atoms. The molecule has 0 spiro atoms. The normalized spacial score (nSPS) is 25.4. The van der Waals surface area contributed by atoms with Crippen LogP contribution in [0.5, 0.6) is 0 Å². The summed E-state index contributed by atoms with van der Waals surface area (Å²) in [5.41, 5.74) is -4.24. The van der Waals surface area contributed by atoms with E-state index in [-0.39, 0.29) is 0 Å². The first kappa shape index (κ1) is 30.0. The van der Waals surface area contributed by atoms with Gasteiger partial charge in [-0.15, -0.1) is 0 Å². The van der Waals surface area contributed by atoms with E-state index < -0.39 is 81.5 Å².